The van der Waals surface area contributed by atoms with Gasteiger partial charge in [0, 0.05) is 10.6 Å². The first-order valence-corrected chi connectivity index (χ1v) is 6.20. The quantitative estimate of drug-likeness (QED) is 0.618. The molecule has 17 heavy (non-hydrogen) atoms. The SMILES string of the molecule is CCC(CO)(CO)NC(=O)c1cc(N)c(C)s1. The van der Waals surface area contributed by atoms with Gasteiger partial charge in [0.15, 0.2) is 0 Å². The maximum absolute atomic E-state index is 11.9. The molecular weight excluding hydrogens is 240 g/mol. The molecule has 0 saturated carbocycles. The van der Waals surface area contributed by atoms with Crippen molar-refractivity contribution in [3.05, 3.63) is 15.8 Å². The Labute approximate surface area is 104 Å². The van der Waals surface area contributed by atoms with Gasteiger partial charge < -0.3 is 21.3 Å². The van der Waals surface area contributed by atoms with Gasteiger partial charge in [-0.25, -0.2) is 0 Å². The zero-order chi connectivity index (χ0) is 13.1. The standard InChI is InChI=1S/C11H18N2O3S/c1-3-11(5-14,6-15)13-10(16)9-4-8(12)7(2)17-9/h4,14-15H,3,5-6,12H2,1-2H3,(H,13,16). The van der Waals surface area contributed by atoms with Crippen LogP contribution in [-0.2, 0) is 0 Å². The molecule has 0 aromatic carbocycles. The summed E-state index contributed by atoms with van der Waals surface area (Å²) < 4.78 is 0. The zero-order valence-corrected chi connectivity index (χ0v) is 10.8. The number of anilines is 1. The van der Waals surface area contributed by atoms with Crippen molar-refractivity contribution in [2.75, 3.05) is 18.9 Å². The Bertz CT molecular complexity index is 372. The van der Waals surface area contributed by atoms with Crippen molar-refractivity contribution < 1.29 is 15.0 Å². The van der Waals surface area contributed by atoms with Crippen molar-refractivity contribution in [2.45, 2.75) is 25.8 Å². The number of carbonyl (C=O) groups excluding carboxylic acids is 1. The molecule has 0 bridgehead atoms. The van der Waals surface area contributed by atoms with Crippen molar-refractivity contribution in [3.63, 3.8) is 0 Å². The fraction of sp³-hybridized carbons (Fsp3) is 0.545. The van der Waals surface area contributed by atoms with Crippen LogP contribution < -0.4 is 11.1 Å². The maximum Gasteiger partial charge on any atom is 0.262 e. The Balaban J connectivity index is 2.84. The second-order valence-electron chi connectivity index (χ2n) is 4.03. The zero-order valence-electron chi connectivity index (χ0n) is 9.99. The first-order valence-electron chi connectivity index (χ1n) is 5.38. The second kappa shape index (κ2) is 5.48. The lowest BCUT2D eigenvalue weighted by Crippen LogP contribution is -2.53. The van der Waals surface area contributed by atoms with Crippen molar-refractivity contribution in [2.24, 2.45) is 0 Å². The average molecular weight is 258 g/mol. The summed E-state index contributed by atoms with van der Waals surface area (Å²) in [5.41, 5.74) is 5.28. The van der Waals surface area contributed by atoms with Gasteiger partial charge in [0.05, 0.1) is 23.6 Å². The number of aliphatic hydroxyl groups is 2. The van der Waals surface area contributed by atoms with E-state index in [9.17, 15) is 15.0 Å². The number of hydrogen-bond donors (Lipinski definition) is 4. The summed E-state index contributed by atoms with van der Waals surface area (Å²) in [6, 6.07) is 1.60. The number of nitrogens with one attached hydrogen (secondary N) is 1. The van der Waals surface area contributed by atoms with Crippen LogP contribution in [0.15, 0.2) is 6.07 Å². The van der Waals surface area contributed by atoms with Gasteiger partial charge >= 0.3 is 0 Å². The minimum atomic E-state index is -0.969. The number of nitrogen functional groups attached to an aromatic ring is 1. The largest absolute Gasteiger partial charge is 0.398 e. The van der Waals surface area contributed by atoms with E-state index in [0.29, 0.717) is 17.0 Å². The molecule has 0 aliphatic heterocycles. The third kappa shape index (κ3) is 2.96. The highest BCUT2D eigenvalue weighted by atomic mass is 32.1. The van der Waals surface area contributed by atoms with Crippen LogP contribution in [0.3, 0.4) is 0 Å². The molecule has 0 spiro atoms. The van der Waals surface area contributed by atoms with Gasteiger partial charge in [-0.05, 0) is 19.4 Å². The molecule has 0 unspecified atom stereocenters. The number of rotatable bonds is 5. The summed E-state index contributed by atoms with van der Waals surface area (Å²) in [5.74, 6) is -0.320. The van der Waals surface area contributed by atoms with Gasteiger partial charge in [-0.15, -0.1) is 11.3 Å². The predicted molar refractivity (Wildman–Crippen MR) is 68.1 cm³/mol. The fourth-order valence-electron chi connectivity index (χ4n) is 1.35. The molecule has 1 aromatic heterocycles. The van der Waals surface area contributed by atoms with Crippen LogP contribution in [0.25, 0.3) is 0 Å². The lowest BCUT2D eigenvalue weighted by molar-refractivity contribution is 0.0656. The van der Waals surface area contributed by atoms with Gasteiger partial charge in [-0.1, -0.05) is 6.92 Å². The Morgan fingerprint density at radius 3 is 2.47 bits per heavy atom. The third-order valence-corrected chi connectivity index (χ3v) is 3.91. The number of carbonyl (C=O) groups is 1. The van der Waals surface area contributed by atoms with Crippen molar-refractivity contribution in [1.82, 2.24) is 5.32 Å². The summed E-state index contributed by atoms with van der Waals surface area (Å²) in [7, 11) is 0. The molecule has 96 valence electrons. The molecule has 1 rings (SSSR count). The van der Waals surface area contributed by atoms with E-state index in [1.165, 1.54) is 11.3 Å². The van der Waals surface area contributed by atoms with Gasteiger partial charge in [0.1, 0.15) is 0 Å². The molecule has 0 aliphatic carbocycles. The highest BCUT2D eigenvalue weighted by Crippen LogP contribution is 2.24. The highest BCUT2D eigenvalue weighted by Gasteiger charge is 2.29. The Hall–Kier alpha value is -1.11. The first-order chi connectivity index (χ1) is 7.98. The summed E-state index contributed by atoms with van der Waals surface area (Å²) >= 11 is 1.29. The fourth-order valence-corrected chi connectivity index (χ4v) is 2.19. The van der Waals surface area contributed by atoms with E-state index in [1.807, 2.05) is 6.92 Å². The summed E-state index contributed by atoms with van der Waals surface area (Å²) in [4.78, 5) is 13.3. The van der Waals surface area contributed by atoms with Crippen molar-refractivity contribution >= 4 is 22.9 Å². The van der Waals surface area contributed by atoms with Crippen LogP contribution in [0.4, 0.5) is 5.69 Å². The van der Waals surface area contributed by atoms with Crippen molar-refractivity contribution in [3.8, 4) is 0 Å². The van der Waals surface area contributed by atoms with E-state index in [2.05, 4.69) is 5.32 Å². The van der Waals surface area contributed by atoms with Gasteiger partial charge in [-0.2, -0.15) is 0 Å². The molecule has 0 radical (unpaired) electrons. The predicted octanol–water partition coefficient (Wildman–Crippen LogP) is 0.502. The molecule has 0 saturated heterocycles. The molecule has 1 aromatic rings. The summed E-state index contributed by atoms with van der Waals surface area (Å²) in [5, 5.41) is 21.1. The Morgan fingerprint density at radius 1 is 1.53 bits per heavy atom. The van der Waals surface area contributed by atoms with Gasteiger partial charge in [0.2, 0.25) is 0 Å². The van der Waals surface area contributed by atoms with Crippen molar-refractivity contribution in [1.29, 1.82) is 0 Å². The molecule has 5 nitrogen and oxygen atoms in total. The molecule has 1 amide bonds. The summed E-state index contributed by atoms with van der Waals surface area (Å²) in [6.07, 6.45) is 0.450. The second-order valence-corrected chi connectivity index (χ2v) is 5.28. The van der Waals surface area contributed by atoms with Crippen LogP contribution in [0.1, 0.15) is 27.9 Å². The van der Waals surface area contributed by atoms with E-state index in [1.54, 1.807) is 13.0 Å². The normalized spacial score (nSPS) is 11.5. The van der Waals surface area contributed by atoms with Crippen LogP contribution in [0.2, 0.25) is 0 Å². The molecule has 0 atom stereocenters. The number of aryl methyl sites for hydroxylation is 1. The van der Waals surface area contributed by atoms with Crippen LogP contribution in [0, 0.1) is 6.92 Å². The smallest absolute Gasteiger partial charge is 0.262 e. The Morgan fingerprint density at radius 2 is 2.12 bits per heavy atom. The van der Waals surface area contributed by atoms with Crippen LogP contribution in [-0.4, -0.2) is 34.9 Å². The van der Waals surface area contributed by atoms with Crippen LogP contribution in [0.5, 0.6) is 0 Å². The van der Waals surface area contributed by atoms with E-state index < -0.39 is 5.54 Å². The van der Waals surface area contributed by atoms with E-state index >= 15 is 0 Å². The third-order valence-electron chi connectivity index (χ3n) is 2.84. The molecule has 6 heteroatoms. The number of amides is 1. The number of aliphatic hydroxyl groups excluding tert-OH is 2. The van der Waals surface area contributed by atoms with E-state index in [-0.39, 0.29) is 19.1 Å². The van der Waals surface area contributed by atoms with Gasteiger partial charge in [-0.3, -0.25) is 4.79 Å². The number of thiophene rings is 1. The van der Waals surface area contributed by atoms with E-state index in [4.69, 9.17) is 5.73 Å². The minimum absolute atomic E-state index is 0.300. The first kappa shape index (κ1) is 14.0. The Kier molecular flexibility index (Phi) is 4.50. The molecule has 1 heterocycles. The summed E-state index contributed by atoms with van der Waals surface area (Å²) in [6.45, 7) is 3.03. The lowest BCUT2D eigenvalue weighted by atomic mass is 9.98. The topological polar surface area (TPSA) is 95.6 Å². The number of hydrogen-bond acceptors (Lipinski definition) is 5. The van der Waals surface area contributed by atoms with Gasteiger partial charge in [0.25, 0.3) is 5.91 Å². The molecule has 0 aliphatic rings. The average Bonchev–Trinajstić information content (AvgIpc) is 2.67. The molecular formula is C11H18N2O3S. The number of nitrogens with two attached hydrogens (primary N) is 1. The maximum atomic E-state index is 11.9. The lowest BCUT2D eigenvalue weighted by Gasteiger charge is -2.29. The van der Waals surface area contributed by atoms with E-state index in [0.717, 1.165) is 4.88 Å². The van der Waals surface area contributed by atoms with Crippen LogP contribution >= 0.6 is 11.3 Å². The minimum Gasteiger partial charge on any atom is -0.398 e. The highest BCUT2D eigenvalue weighted by molar-refractivity contribution is 7.14. The molecule has 5 N–H and O–H groups in total. The molecule has 0 fully saturated rings. The monoisotopic (exact) mass is 258 g/mol.